The number of aromatic nitrogens is 1. The third kappa shape index (κ3) is 4.96. The molecule has 0 spiro atoms. The standard InChI is InChI=1S/C21H27F3N4O2S/c1-14-18(25-30-19(14)21(22,23)24)16-5-6-17(31-16)20(29)28-7-3-4-15(13-28)12-27-10-8-26(2)9-11-27/h5-6,15H,3-4,7-13H2,1-2H3. The molecule has 6 nitrogen and oxygen atoms in total. The van der Waals surface area contributed by atoms with E-state index in [1.54, 1.807) is 12.1 Å². The van der Waals surface area contributed by atoms with Gasteiger partial charge in [0, 0.05) is 51.4 Å². The van der Waals surface area contributed by atoms with Crippen molar-refractivity contribution in [2.75, 3.05) is 52.9 Å². The van der Waals surface area contributed by atoms with Crippen LogP contribution in [-0.4, -0.2) is 78.6 Å². The van der Waals surface area contributed by atoms with E-state index in [0.29, 0.717) is 22.2 Å². The molecule has 0 radical (unpaired) electrons. The fourth-order valence-electron chi connectivity index (χ4n) is 4.36. The molecule has 0 N–H and O–H groups in total. The second kappa shape index (κ2) is 8.91. The average Bonchev–Trinajstić information content (AvgIpc) is 3.36. The van der Waals surface area contributed by atoms with Gasteiger partial charge in [-0.2, -0.15) is 13.2 Å². The molecule has 1 unspecified atom stereocenters. The number of hydrogen-bond donors (Lipinski definition) is 0. The Bertz CT molecular complexity index is 918. The Labute approximate surface area is 183 Å². The van der Waals surface area contributed by atoms with Gasteiger partial charge in [-0.3, -0.25) is 4.79 Å². The molecule has 10 heteroatoms. The van der Waals surface area contributed by atoms with Crippen molar-refractivity contribution in [3.05, 3.63) is 28.3 Å². The number of amides is 1. The first-order valence-electron chi connectivity index (χ1n) is 10.6. The summed E-state index contributed by atoms with van der Waals surface area (Å²) in [5.41, 5.74) is 0.0847. The van der Waals surface area contributed by atoms with Crippen LogP contribution in [0.25, 0.3) is 10.6 Å². The van der Waals surface area contributed by atoms with Gasteiger partial charge in [0.2, 0.25) is 5.76 Å². The maximum Gasteiger partial charge on any atom is 0.452 e. The smallest absolute Gasteiger partial charge is 0.351 e. The zero-order valence-corrected chi connectivity index (χ0v) is 18.6. The predicted octanol–water partition coefficient (Wildman–Crippen LogP) is 3.83. The topological polar surface area (TPSA) is 52.8 Å². The van der Waals surface area contributed by atoms with Gasteiger partial charge in [-0.15, -0.1) is 11.3 Å². The summed E-state index contributed by atoms with van der Waals surface area (Å²) in [4.78, 5) is 20.8. The number of nitrogens with zero attached hydrogens (tertiary/aromatic N) is 4. The van der Waals surface area contributed by atoms with Crippen molar-refractivity contribution >= 4 is 17.2 Å². The molecule has 0 aromatic carbocycles. The normalized spacial score (nSPS) is 21.6. The number of rotatable bonds is 4. The van der Waals surface area contributed by atoms with Crippen LogP contribution in [0.1, 0.15) is 33.8 Å². The van der Waals surface area contributed by atoms with E-state index >= 15 is 0 Å². The van der Waals surface area contributed by atoms with Crippen LogP contribution in [-0.2, 0) is 6.18 Å². The number of likely N-dealkylation sites (tertiary alicyclic amines) is 1. The highest BCUT2D eigenvalue weighted by atomic mass is 32.1. The molecule has 4 heterocycles. The van der Waals surface area contributed by atoms with Gasteiger partial charge >= 0.3 is 6.18 Å². The lowest BCUT2D eigenvalue weighted by molar-refractivity contribution is -0.156. The Hall–Kier alpha value is -1.91. The van der Waals surface area contributed by atoms with Crippen LogP contribution in [0, 0.1) is 12.8 Å². The average molecular weight is 457 g/mol. The minimum absolute atomic E-state index is 0.0569. The summed E-state index contributed by atoms with van der Waals surface area (Å²) in [6.07, 6.45) is -2.50. The SMILES string of the molecule is Cc1c(-c2ccc(C(=O)N3CCCC(CN4CCN(C)CC4)C3)s2)noc1C(F)(F)F. The molecule has 0 saturated carbocycles. The zero-order valence-electron chi connectivity index (χ0n) is 17.7. The van der Waals surface area contributed by atoms with Gasteiger partial charge in [0.05, 0.1) is 9.75 Å². The fraction of sp³-hybridized carbons (Fsp3) is 0.619. The summed E-state index contributed by atoms with van der Waals surface area (Å²) in [6.45, 7) is 8.05. The molecule has 2 aliphatic heterocycles. The molecule has 2 fully saturated rings. The summed E-state index contributed by atoms with van der Waals surface area (Å²) >= 11 is 1.17. The van der Waals surface area contributed by atoms with Crippen molar-refractivity contribution in [1.82, 2.24) is 19.9 Å². The van der Waals surface area contributed by atoms with Gasteiger partial charge in [0.15, 0.2) is 0 Å². The van der Waals surface area contributed by atoms with Crippen LogP contribution in [0.2, 0.25) is 0 Å². The number of piperazine rings is 1. The van der Waals surface area contributed by atoms with Crippen molar-refractivity contribution in [3.63, 3.8) is 0 Å². The largest absolute Gasteiger partial charge is 0.452 e. The summed E-state index contributed by atoms with van der Waals surface area (Å²) in [7, 11) is 2.14. The fourth-order valence-corrected chi connectivity index (χ4v) is 5.37. The molecule has 2 aromatic rings. The molecule has 170 valence electrons. The van der Waals surface area contributed by atoms with E-state index in [1.807, 2.05) is 4.90 Å². The molecule has 1 amide bonds. The number of likely N-dealkylation sites (N-methyl/N-ethyl adjacent to an activating group) is 1. The number of piperidine rings is 1. The number of carbonyl (C=O) groups is 1. The lowest BCUT2D eigenvalue weighted by Crippen LogP contribution is -2.49. The molecule has 2 saturated heterocycles. The summed E-state index contributed by atoms with van der Waals surface area (Å²) < 4.78 is 43.5. The van der Waals surface area contributed by atoms with E-state index in [4.69, 9.17) is 0 Å². The Kier molecular flexibility index (Phi) is 6.41. The zero-order chi connectivity index (χ0) is 22.2. The second-order valence-corrected chi connectivity index (χ2v) is 9.59. The van der Waals surface area contributed by atoms with Crippen LogP contribution in [0.3, 0.4) is 0 Å². The molecule has 31 heavy (non-hydrogen) atoms. The Morgan fingerprint density at radius 1 is 1.23 bits per heavy atom. The summed E-state index contributed by atoms with van der Waals surface area (Å²) in [5.74, 6) is -0.698. The molecule has 0 bridgehead atoms. The molecule has 1 atom stereocenters. The lowest BCUT2D eigenvalue weighted by atomic mass is 9.97. The van der Waals surface area contributed by atoms with Crippen molar-refractivity contribution in [3.8, 4) is 10.6 Å². The summed E-state index contributed by atoms with van der Waals surface area (Å²) in [6, 6.07) is 3.32. The molecule has 2 aromatic heterocycles. The molecule has 4 rings (SSSR count). The van der Waals surface area contributed by atoms with Gasteiger partial charge in [-0.1, -0.05) is 5.16 Å². The first-order valence-corrected chi connectivity index (χ1v) is 11.4. The van der Waals surface area contributed by atoms with Crippen LogP contribution >= 0.6 is 11.3 Å². The maximum atomic E-state index is 13.1. The third-order valence-corrected chi connectivity index (χ3v) is 7.23. The Balaban J connectivity index is 1.41. The van der Waals surface area contributed by atoms with Crippen molar-refractivity contribution in [2.24, 2.45) is 5.92 Å². The first kappa shape index (κ1) is 22.3. The van der Waals surface area contributed by atoms with E-state index < -0.39 is 11.9 Å². The quantitative estimate of drug-likeness (QED) is 0.700. The van der Waals surface area contributed by atoms with Crippen molar-refractivity contribution in [1.29, 1.82) is 0 Å². The van der Waals surface area contributed by atoms with E-state index in [0.717, 1.165) is 52.1 Å². The highest BCUT2D eigenvalue weighted by Crippen LogP contribution is 2.38. The minimum Gasteiger partial charge on any atom is -0.351 e. The highest BCUT2D eigenvalue weighted by molar-refractivity contribution is 7.17. The maximum absolute atomic E-state index is 13.1. The van der Waals surface area contributed by atoms with E-state index in [1.165, 1.54) is 18.3 Å². The predicted molar refractivity (Wildman–Crippen MR) is 112 cm³/mol. The summed E-state index contributed by atoms with van der Waals surface area (Å²) in [5, 5.41) is 3.60. The Morgan fingerprint density at radius 2 is 1.97 bits per heavy atom. The third-order valence-electron chi connectivity index (χ3n) is 6.15. The monoisotopic (exact) mass is 456 g/mol. The number of carbonyl (C=O) groups excluding carboxylic acids is 1. The molecule has 2 aliphatic rings. The van der Waals surface area contributed by atoms with Crippen LogP contribution in [0.15, 0.2) is 16.7 Å². The number of halogens is 3. The van der Waals surface area contributed by atoms with E-state index in [2.05, 4.69) is 26.5 Å². The second-order valence-electron chi connectivity index (χ2n) is 8.51. The molecular formula is C21H27F3N4O2S. The highest BCUT2D eigenvalue weighted by Gasteiger charge is 2.39. The van der Waals surface area contributed by atoms with Gasteiger partial charge < -0.3 is 19.2 Å². The van der Waals surface area contributed by atoms with Gasteiger partial charge in [0.1, 0.15) is 5.69 Å². The number of thiophene rings is 1. The van der Waals surface area contributed by atoms with E-state index in [-0.39, 0.29) is 17.2 Å². The van der Waals surface area contributed by atoms with Gasteiger partial charge in [-0.05, 0) is 44.9 Å². The van der Waals surface area contributed by atoms with Crippen molar-refractivity contribution in [2.45, 2.75) is 25.9 Å². The molecular weight excluding hydrogens is 429 g/mol. The van der Waals surface area contributed by atoms with Crippen LogP contribution < -0.4 is 0 Å². The van der Waals surface area contributed by atoms with Gasteiger partial charge in [-0.25, -0.2) is 0 Å². The molecule has 0 aliphatic carbocycles. The van der Waals surface area contributed by atoms with Crippen LogP contribution in [0.5, 0.6) is 0 Å². The lowest BCUT2D eigenvalue weighted by Gasteiger charge is -2.38. The number of hydrogen-bond acceptors (Lipinski definition) is 6. The first-order chi connectivity index (χ1) is 14.7. The van der Waals surface area contributed by atoms with E-state index in [9.17, 15) is 18.0 Å². The van der Waals surface area contributed by atoms with Crippen LogP contribution in [0.4, 0.5) is 13.2 Å². The van der Waals surface area contributed by atoms with Gasteiger partial charge in [0.25, 0.3) is 5.91 Å². The number of alkyl halides is 3. The van der Waals surface area contributed by atoms with Crippen molar-refractivity contribution < 1.29 is 22.5 Å². The minimum atomic E-state index is -4.59. The Morgan fingerprint density at radius 3 is 2.65 bits per heavy atom.